The minimum Gasteiger partial charge on any atom is -0.492 e. The summed E-state index contributed by atoms with van der Waals surface area (Å²) in [6.07, 6.45) is -0.189. The molecule has 0 unspecified atom stereocenters. The molecule has 142 valence electrons. The Morgan fingerprint density at radius 2 is 2.00 bits per heavy atom. The lowest BCUT2D eigenvalue weighted by molar-refractivity contribution is 0.0378. The molecule has 2 aromatic carbocycles. The molecule has 0 radical (unpaired) electrons. The van der Waals surface area contributed by atoms with Crippen molar-refractivity contribution < 1.29 is 14.3 Å². The average molecular weight is 377 g/mol. The SMILES string of the molecule is CC(C)OC(=O)c1cccc(-c2nnn(CCOc3ccc(C#N)cc3)n2)c1. The van der Waals surface area contributed by atoms with Crippen LogP contribution in [0.5, 0.6) is 5.75 Å². The Bertz CT molecular complexity index is 990. The molecule has 3 aromatic rings. The molecule has 8 heteroatoms. The van der Waals surface area contributed by atoms with E-state index in [2.05, 4.69) is 21.5 Å². The summed E-state index contributed by atoms with van der Waals surface area (Å²) in [6.45, 7) is 4.36. The van der Waals surface area contributed by atoms with Gasteiger partial charge in [-0.1, -0.05) is 12.1 Å². The van der Waals surface area contributed by atoms with Gasteiger partial charge in [-0.05, 0) is 55.5 Å². The molecule has 0 atom stereocenters. The number of nitrogens with zero attached hydrogens (tertiary/aromatic N) is 5. The first-order chi connectivity index (χ1) is 13.5. The smallest absolute Gasteiger partial charge is 0.338 e. The van der Waals surface area contributed by atoms with Crippen molar-refractivity contribution in [3.63, 3.8) is 0 Å². The molecule has 1 heterocycles. The summed E-state index contributed by atoms with van der Waals surface area (Å²) >= 11 is 0. The Balaban J connectivity index is 1.60. The van der Waals surface area contributed by atoms with Crippen LogP contribution >= 0.6 is 0 Å². The molecule has 0 aliphatic carbocycles. The summed E-state index contributed by atoms with van der Waals surface area (Å²) in [6, 6.07) is 15.8. The predicted molar refractivity (Wildman–Crippen MR) is 100 cm³/mol. The molecule has 0 aliphatic rings. The Morgan fingerprint density at radius 1 is 1.21 bits per heavy atom. The molecule has 0 saturated carbocycles. The molecular formula is C20H19N5O3. The number of nitriles is 1. The molecule has 0 bridgehead atoms. The fourth-order valence-corrected chi connectivity index (χ4v) is 2.39. The number of hydrogen-bond donors (Lipinski definition) is 0. The highest BCUT2D eigenvalue weighted by molar-refractivity contribution is 5.90. The summed E-state index contributed by atoms with van der Waals surface area (Å²) < 4.78 is 10.8. The van der Waals surface area contributed by atoms with Crippen LogP contribution in [0.3, 0.4) is 0 Å². The summed E-state index contributed by atoms with van der Waals surface area (Å²) in [7, 11) is 0. The summed E-state index contributed by atoms with van der Waals surface area (Å²) in [5, 5.41) is 21.2. The standard InChI is InChI=1S/C20H19N5O3/c1-14(2)28-20(26)17-5-3-4-16(12-17)19-22-24-25(23-19)10-11-27-18-8-6-15(13-21)7-9-18/h3-9,12,14H,10-11H2,1-2H3. The number of rotatable bonds is 7. The molecule has 0 fully saturated rings. The Morgan fingerprint density at radius 3 is 2.71 bits per heavy atom. The zero-order valence-corrected chi connectivity index (χ0v) is 15.6. The van der Waals surface area contributed by atoms with Crippen molar-refractivity contribution in [1.82, 2.24) is 20.2 Å². The van der Waals surface area contributed by atoms with Gasteiger partial charge in [0.2, 0.25) is 5.82 Å². The van der Waals surface area contributed by atoms with Gasteiger partial charge in [-0.25, -0.2) is 4.79 Å². The van der Waals surface area contributed by atoms with Crippen molar-refractivity contribution in [2.45, 2.75) is 26.5 Å². The number of carbonyl (C=O) groups is 1. The number of ether oxygens (including phenoxy) is 2. The number of aromatic nitrogens is 4. The number of carbonyl (C=O) groups excluding carboxylic acids is 1. The van der Waals surface area contributed by atoms with Crippen LogP contribution in [0, 0.1) is 11.3 Å². The minimum atomic E-state index is -0.389. The van der Waals surface area contributed by atoms with Gasteiger partial charge in [0.05, 0.1) is 29.8 Å². The van der Waals surface area contributed by atoms with Crippen LogP contribution in [0.15, 0.2) is 48.5 Å². The van der Waals surface area contributed by atoms with E-state index in [0.29, 0.717) is 41.4 Å². The first-order valence-electron chi connectivity index (χ1n) is 8.77. The highest BCUT2D eigenvalue weighted by Gasteiger charge is 2.12. The quantitative estimate of drug-likeness (QED) is 0.583. The molecule has 28 heavy (non-hydrogen) atoms. The van der Waals surface area contributed by atoms with Crippen LogP contribution in [0.2, 0.25) is 0 Å². The van der Waals surface area contributed by atoms with Crippen molar-refractivity contribution in [2.24, 2.45) is 0 Å². The van der Waals surface area contributed by atoms with Crippen LogP contribution in [-0.4, -0.2) is 38.9 Å². The lowest BCUT2D eigenvalue weighted by atomic mass is 10.1. The third-order valence-corrected chi connectivity index (χ3v) is 3.70. The lowest BCUT2D eigenvalue weighted by Gasteiger charge is -2.08. The van der Waals surface area contributed by atoms with Crippen LogP contribution < -0.4 is 4.74 Å². The maximum absolute atomic E-state index is 12.0. The maximum atomic E-state index is 12.0. The second-order valence-corrected chi connectivity index (χ2v) is 6.23. The van der Waals surface area contributed by atoms with Crippen molar-refractivity contribution in [3.8, 4) is 23.2 Å². The number of esters is 1. The van der Waals surface area contributed by atoms with Gasteiger partial charge in [-0.2, -0.15) is 10.1 Å². The van der Waals surface area contributed by atoms with Crippen LogP contribution in [0.4, 0.5) is 0 Å². The molecule has 0 saturated heterocycles. The number of tetrazole rings is 1. The molecular weight excluding hydrogens is 358 g/mol. The lowest BCUT2D eigenvalue weighted by Crippen LogP contribution is -2.11. The van der Waals surface area contributed by atoms with E-state index in [1.165, 1.54) is 4.80 Å². The summed E-state index contributed by atoms with van der Waals surface area (Å²) in [5.74, 6) is 0.688. The second kappa shape index (κ2) is 8.77. The van der Waals surface area contributed by atoms with Crippen molar-refractivity contribution in [2.75, 3.05) is 6.61 Å². The van der Waals surface area contributed by atoms with E-state index in [-0.39, 0.29) is 12.1 Å². The van der Waals surface area contributed by atoms with Crippen LogP contribution in [0.1, 0.15) is 29.8 Å². The molecule has 0 amide bonds. The van der Waals surface area contributed by atoms with Crippen LogP contribution in [-0.2, 0) is 11.3 Å². The second-order valence-electron chi connectivity index (χ2n) is 6.23. The number of benzene rings is 2. The molecule has 3 rings (SSSR count). The maximum Gasteiger partial charge on any atom is 0.338 e. The summed E-state index contributed by atoms with van der Waals surface area (Å²) in [4.78, 5) is 13.5. The third-order valence-electron chi connectivity index (χ3n) is 3.70. The van der Waals surface area contributed by atoms with Gasteiger partial charge in [-0.15, -0.1) is 10.2 Å². The van der Waals surface area contributed by atoms with E-state index in [1.807, 2.05) is 0 Å². The fraction of sp³-hybridized carbons (Fsp3) is 0.250. The Kier molecular flexibility index (Phi) is 5.97. The first-order valence-corrected chi connectivity index (χ1v) is 8.77. The van der Waals surface area contributed by atoms with Gasteiger partial charge >= 0.3 is 5.97 Å². The molecule has 0 aliphatic heterocycles. The Hall–Kier alpha value is -3.73. The van der Waals surface area contributed by atoms with Crippen molar-refractivity contribution in [3.05, 3.63) is 59.7 Å². The Labute approximate surface area is 162 Å². The topological polar surface area (TPSA) is 103 Å². The van der Waals surface area contributed by atoms with E-state index in [1.54, 1.807) is 62.4 Å². The zero-order chi connectivity index (χ0) is 19.9. The van der Waals surface area contributed by atoms with Crippen LogP contribution in [0.25, 0.3) is 11.4 Å². The van der Waals surface area contributed by atoms with E-state index in [0.717, 1.165) is 0 Å². The van der Waals surface area contributed by atoms with Crippen molar-refractivity contribution >= 4 is 5.97 Å². The van der Waals surface area contributed by atoms with E-state index < -0.39 is 0 Å². The molecule has 8 nitrogen and oxygen atoms in total. The predicted octanol–water partition coefficient (Wildman–Crippen LogP) is 2.86. The molecule has 1 aromatic heterocycles. The number of hydrogen-bond acceptors (Lipinski definition) is 7. The largest absolute Gasteiger partial charge is 0.492 e. The van der Waals surface area contributed by atoms with E-state index in [9.17, 15) is 4.79 Å². The average Bonchev–Trinajstić information content (AvgIpc) is 3.17. The van der Waals surface area contributed by atoms with Gasteiger partial charge in [0.15, 0.2) is 0 Å². The normalized spacial score (nSPS) is 10.5. The zero-order valence-electron chi connectivity index (χ0n) is 15.6. The molecule has 0 N–H and O–H groups in total. The minimum absolute atomic E-state index is 0.189. The fourth-order valence-electron chi connectivity index (χ4n) is 2.39. The van der Waals surface area contributed by atoms with Gasteiger partial charge in [0.1, 0.15) is 12.4 Å². The van der Waals surface area contributed by atoms with E-state index in [4.69, 9.17) is 14.7 Å². The van der Waals surface area contributed by atoms with Crippen molar-refractivity contribution in [1.29, 1.82) is 5.26 Å². The highest BCUT2D eigenvalue weighted by atomic mass is 16.5. The van der Waals surface area contributed by atoms with Gasteiger partial charge in [-0.3, -0.25) is 0 Å². The monoisotopic (exact) mass is 377 g/mol. The molecule has 0 spiro atoms. The first kappa shape index (κ1) is 19.0. The van der Waals surface area contributed by atoms with Gasteiger partial charge in [0.25, 0.3) is 0 Å². The van der Waals surface area contributed by atoms with Gasteiger partial charge < -0.3 is 9.47 Å². The highest BCUT2D eigenvalue weighted by Crippen LogP contribution is 2.17. The van der Waals surface area contributed by atoms with E-state index >= 15 is 0 Å². The summed E-state index contributed by atoms with van der Waals surface area (Å²) in [5.41, 5.74) is 1.69. The van der Waals surface area contributed by atoms with Gasteiger partial charge in [0, 0.05) is 5.56 Å². The third kappa shape index (κ3) is 4.92.